The highest BCUT2D eigenvalue weighted by Gasteiger charge is 2.27. The Kier molecular flexibility index (Phi) is 6.03. The molecule has 0 unspecified atom stereocenters. The van der Waals surface area contributed by atoms with Gasteiger partial charge in [0.05, 0.1) is 30.2 Å². The van der Waals surface area contributed by atoms with E-state index in [0.29, 0.717) is 30.8 Å². The average molecular weight is 342 g/mol. The fourth-order valence-corrected chi connectivity index (χ4v) is 3.24. The molecule has 1 amide bonds. The molecule has 1 fully saturated rings. The van der Waals surface area contributed by atoms with Crippen molar-refractivity contribution in [1.82, 2.24) is 19.6 Å². The van der Waals surface area contributed by atoms with E-state index in [4.69, 9.17) is 4.74 Å². The molecule has 1 N–H and O–H groups in total. The molecule has 1 atom stereocenters. The second-order valence-corrected chi connectivity index (χ2v) is 7.44. The van der Waals surface area contributed by atoms with E-state index in [1.54, 1.807) is 0 Å². The van der Waals surface area contributed by atoms with Crippen LogP contribution in [0.3, 0.4) is 0 Å². The second kappa shape index (κ2) is 7.80. The monoisotopic (exact) mass is 342 g/mol. The van der Waals surface area contributed by atoms with Crippen molar-refractivity contribution >= 4 is 15.9 Å². The first-order valence-electron chi connectivity index (χ1n) is 7.55. The fourth-order valence-electron chi connectivity index (χ4n) is 2.40. The minimum absolute atomic E-state index is 0.241. The van der Waals surface area contributed by atoms with Gasteiger partial charge in [-0.3, -0.25) is 4.79 Å². The maximum absolute atomic E-state index is 12.3. The van der Waals surface area contributed by atoms with E-state index in [1.807, 2.05) is 6.92 Å². The summed E-state index contributed by atoms with van der Waals surface area (Å²) in [5.74, 6) is -0.269. The van der Waals surface area contributed by atoms with Gasteiger partial charge in [0.15, 0.2) is 0 Å². The molecule has 1 aromatic rings. The van der Waals surface area contributed by atoms with E-state index in [2.05, 4.69) is 15.3 Å². The fraction of sp³-hybridized carbons (Fsp3) is 0.643. The van der Waals surface area contributed by atoms with Crippen LogP contribution < -0.4 is 5.32 Å². The van der Waals surface area contributed by atoms with Crippen LogP contribution in [0.15, 0.2) is 12.5 Å². The number of hydrogen-bond donors (Lipinski definition) is 1. The molecule has 0 radical (unpaired) electrons. The number of amides is 1. The number of nitrogens with zero attached hydrogens (tertiary/aromatic N) is 3. The lowest BCUT2D eigenvalue weighted by atomic mass is 10.1. The quantitative estimate of drug-likeness (QED) is 0.769. The summed E-state index contributed by atoms with van der Waals surface area (Å²) < 4.78 is 30.0. The number of rotatable bonds is 6. The van der Waals surface area contributed by atoms with Crippen LogP contribution in [0.5, 0.6) is 0 Å². The Labute approximate surface area is 136 Å². The van der Waals surface area contributed by atoms with Crippen LogP contribution in [0.1, 0.15) is 29.4 Å². The molecule has 0 aliphatic carbocycles. The SMILES string of the molecule is CCCc1ncncc1C(=O)NC[C@@H]1CN(S(C)(=O)=O)CCO1. The number of hydrogen-bond acceptors (Lipinski definition) is 6. The summed E-state index contributed by atoms with van der Waals surface area (Å²) in [6.45, 7) is 3.16. The zero-order valence-electron chi connectivity index (χ0n) is 13.4. The molecular formula is C14H22N4O4S. The van der Waals surface area contributed by atoms with Gasteiger partial charge in [0, 0.05) is 25.8 Å². The molecule has 0 bridgehead atoms. The zero-order valence-corrected chi connectivity index (χ0v) is 14.2. The number of morpholine rings is 1. The lowest BCUT2D eigenvalue weighted by Crippen LogP contribution is -2.49. The predicted molar refractivity (Wildman–Crippen MR) is 84.5 cm³/mol. The van der Waals surface area contributed by atoms with Crippen LogP contribution in [0, 0.1) is 0 Å². The predicted octanol–water partition coefficient (Wildman–Crippen LogP) is -0.181. The molecule has 9 heteroatoms. The second-order valence-electron chi connectivity index (χ2n) is 5.46. The zero-order chi connectivity index (χ0) is 16.9. The third-order valence-electron chi connectivity index (χ3n) is 3.59. The highest BCUT2D eigenvalue weighted by molar-refractivity contribution is 7.88. The van der Waals surface area contributed by atoms with Gasteiger partial charge in [-0.25, -0.2) is 18.4 Å². The standard InChI is InChI=1S/C14H22N4O4S/c1-3-4-13-12(8-15-10-17-13)14(19)16-7-11-9-18(5-6-22-11)23(2,20)21/h8,10-11H,3-7,9H2,1-2H3,(H,16,19)/t11-/m1/s1. The smallest absolute Gasteiger partial charge is 0.254 e. The molecular weight excluding hydrogens is 320 g/mol. The highest BCUT2D eigenvalue weighted by atomic mass is 32.2. The molecule has 128 valence electrons. The Bertz CT molecular complexity index is 650. The number of nitrogens with one attached hydrogen (secondary N) is 1. The number of aromatic nitrogens is 2. The van der Waals surface area contributed by atoms with Gasteiger partial charge in [0.25, 0.3) is 5.91 Å². The van der Waals surface area contributed by atoms with Crippen molar-refractivity contribution < 1.29 is 17.9 Å². The normalized spacial score (nSPS) is 19.5. The first kappa shape index (κ1) is 17.8. The molecule has 23 heavy (non-hydrogen) atoms. The number of carbonyl (C=O) groups excluding carboxylic acids is 1. The molecule has 2 rings (SSSR count). The molecule has 2 heterocycles. The molecule has 0 spiro atoms. The Morgan fingerprint density at radius 2 is 2.30 bits per heavy atom. The lowest BCUT2D eigenvalue weighted by molar-refractivity contribution is 0.000428. The van der Waals surface area contributed by atoms with E-state index in [-0.39, 0.29) is 25.1 Å². The van der Waals surface area contributed by atoms with Crippen LogP contribution in [-0.4, -0.2) is 67.2 Å². The minimum atomic E-state index is -3.24. The van der Waals surface area contributed by atoms with E-state index in [9.17, 15) is 13.2 Å². The third-order valence-corrected chi connectivity index (χ3v) is 4.86. The maximum atomic E-state index is 12.3. The molecule has 1 aliphatic rings. The Morgan fingerprint density at radius 3 is 3.00 bits per heavy atom. The van der Waals surface area contributed by atoms with Gasteiger partial charge in [-0.2, -0.15) is 4.31 Å². The van der Waals surface area contributed by atoms with E-state index in [0.717, 1.165) is 6.42 Å². The summed E-state index contributed by atoms with van der Waals surface area (Å²) in [5, 5.41) is 2.77. The van der Waals surface area contributed by atoms with Gasteiger partial charge in [0.2, 0.25) is 10.0 Å². The maximum Gasteiger partial charge on any atom is 0.254 e. The third kappa shape index (κ3) is 4.95. The van der Waals surface area contributed by atoms with Crippen molar-refractivity contribution in [3.05, 3.63) is 23.8 Å². The van der Waals surface area contributed by atoms with Crippen molar-refractivity contribution in [1.29, 1.82) is 0 Å². The number of ether oxygens (including phenoxy) is 1. The van der Waals surface area contributed by atoms with Gasteiger partial charge in [-0.1, -0.05) is 13.3 Å². The van der Waals surface area contributed by atoms with Gasteiger partial charge < -0.3 is 10.1 Å². The number of carbonyl (C=O) groups is 1. The van der Waals surface area contributed by atoms with Crippen molar-refractivity contribution in [3.63, 3.8) is 0 Å². The lowest BCUT2D eigenvalue weighted by Gasteiger charge is -2.31. The largest absolute Gasteiger partial charge is 0.374 e. The Morgan fingerprint density at radius 1 is 1.52 bits per heavy atom. The summed E-state index contributed by atoms with van der Waals surface area (Å²) >= 11 is 0. The molecule has 0 saturated carbocycles. The molecule has 1 aliphatic heterocycles. The van der Waals surface area contributed by atoms with Gasteiger partial charge in [0.1, 0.15) is 6.33 Å². The van der Waals surface area contributed by atoms with E-state index >= 15 is 0 Å². The topological polar surface area (TPSA) is 101 Å². The summed E-state index contributed by atoms with van der Waals surface area (Å²) in [7, 11) is -3.24. The van der Waals surface area contributed by atoms with E-state index < -0.39 is 10.0 Å². The average Bonchev–Trinajstić information content (AvgIpc) is 2.53. The van der Waals surface area contributed by atoms with Gasteiger partial charge >= 0.3 is 0 Å². The first-order chi connectivity index (χ1) is 10.9. The summed E-state index contributed by atoms with van der Waals surface area (Å²) in [4.78, 5) is 20.3. The molecule has 1 saturated heterocycles. The van der Waals surface area contributed by atoms with Crippen LogP contribution in [-0.2, 0) is 21.2 Å². The van der Waals surface area contributed by atoms with Crippen molar-refractivity contribution in [3.8, 4) is 0 Å². The number of sulfonamides is 1. The van der Waals surface area contributed by atoms with Crippen LogP contribution in [0.4, 0.5) is 0 Å². The summed E-state index contributed by atoms with van der Waals surface area (Å²) in [5.41, 5.74) is 1.16. The van der Waals surface area contributed by atoms with Crippen LogP contribution >= 0.6 is 0 Å². The van der Waals surface area contributed by atoms with Gasteiger partial charge in [-0.05, 0) is 6.42 Å². The molecule has 0 aromatic carbocycles. The van der Waals surface area contributed by atoms with Crippen molar-refractivity contribution in [2.75, 3.05) is 32.5 Å². The highest BCUT2D eigenvalue weighted by Crippen LogP contribution is 2.10. The Hall–Kier alpha value is -1.58. The van der Waals surface area contributed by atoms with E-state index in [1.165, 1.54) is 23.1 Å². The van der Waals surface area contributed by atoms with Crippen LogP contribution in [0.2, 0.25) is 0 Å². The summed E-state index contributed by atoms with van der Waals surface area (Å²) in [6, 6.07) is 0. The van der Waals surface area contributed by atoms with Crippen molar-refractivity contribution in [2.45, 2.75) is 25.9 Å². The number of aryl methyl sites for hydroxylation is 1. The Balaban J connectivity index is 1.94. The minimum Gasteiger partial charge on any atom is -0.374 e. The van der Waals surface area contributed by atoms with Crippen molar-refractivity contribution in [2.24, 2.45) is 0 Å². The molecule has 1 aromatic heterocycles. The van der Waals surface area contributed by atoms with Crippen LogP contribution in [0.25, 0.3) is 0 Å². The first-order valence-corrected chi connectivity index (χ1v) is 9.40. The molecule has 8 nitrogen and oxygen atoms in total. The summed E-state index contributed by atoms with van der Waals surface area (Å²) in [6.07, 6.45) is 5.32. The van der Waals surface area contributed by atoms with Gasteiger partial charge in [-0.15, -0.1) is 0 Å².